The predicted octanol–water partition coefficient (Wildman–Crippen LogP) is 0.185. The summed E-state index contributed by atoms with van der Waals surface area (Å²) < 4.78 is 5.37. The van der Waals surface area contributed by atoms with Gasteiger partial charge in [-0.15, -0.1) is 0 Å². The molecular formula is C11H22N2O3. The lowest BCUT2D eigenvalue weighted by molar-refractivity contribution is -0.131. The lowest BCUT2D eigenvalue weighted by Gasteiger charge is -2.10. The Balaban J connectivity index is 3.30. The third kappa shape index (κ3) is 11.2. The molecule has 0 heterocycles. The molecule has 5 heteroatoms. The molecule has 0 radical (unpaired) electrons. The van der Waals surface area contributed by atoms with Crippen LogP contribution in [0.2, 0.25) is 0 Å². The highest BCUT2D eigenvalue weighted by Crippen LogP contribution is 1.88. The number of carboxylic acid groups (broad SMARTS) is 1. The van der Waals surface area contributed by atoms with Gasteiger partial charge in [-0.2, -0.15) is 0 Å². The Hall–Kier alpha value is -0.910. The molecule has 16 heavy (non-hydrogen) atoms. The molecule has 0 fully saturated rings. The van der Waals surface area contributed by atoms with Crippen LogP contribution >= 0.6 is 0 Å². The summed E-state index contributed by atoms with van der Waals surface area (Å²) in [6.07, 6.45) is 1.21. The SMILES string of the molecule is CC(=CC(=O)O)CNCCOCCN(C)C. The molecule has 0 spiro atoms. The van der Waals surface area contributed by atoms with Gasteiger partial charge in [-0.3, -0.25) is 0 Å². The molecule has 0 rings (SSSR count). The number of carbonyl (C=O) groups is 1. The van der Waals surface area contributed by atoms with Crippen LogP contribution in [-0.2, 0) is 9.53 Å². The minimum atomic E-state index is -0.901. The summed E-state index contributed by atoms with van der Waals surface area (Å²) in [6, 6.07) is 0. The maximum Gasteiger partial charge on any atom is 0.328 e. The second-order valence-corrected chi connectivity index (χ2v) is 3.92. The Labute approximate surface area is 97.1 Å². The summed E-state index contributed by atoms with van der Waals surface area (Å²) >= 11 is 0. The normalized spacial score (nSPS) is 12.1. The van der Waals surface area contributed by atoms with Gasteiger partial charge in [0.15, 0.2) is 0 Å². The van der Waals surface area contributed by atoms with Crippen LogP contribution in [0.4, 0.5) is 0 Å². The van der Waals surface area contributed by atoms with Crippen LogP contribution in [0.15, 0.2) is 11.6 Å². The van der Waals surface area contributed by atoms with E-state index in [1.54, 1.807) is 6.92 Å². The highest BCUT2D eigenvalue weighted by atomic mass is 16.5. The molecule has 0 saturated carbocycles. The molecule has 0 saturated heterocycles. The first-order valence-electron chi connectivity index (χ1n) is 5.35. The fourth-order valence-corrected chi connectivity index (χ4v) is 1.04. The van der Waals surface area contributed by atoms with E-state index >= 15 is 0 Å². The molecule has 94 valence electrons. The van der Waals surface area contributed by atoms with E-state index in [4.69, 9.17) is 9.84 Å². The van der Waals surface area contributed by atoms with Crippen molar-refractivity contribution in [3.05, 3.63) is 11.6 Å². The molecule has 0 aliphatic rings. The largest absolute Gasteiger partial charge is 0.478 e. The number of hydrogen-bond donors (Lipinski definition) is 2. The standard InChI is InChI=1S/C11H22N2O3/c1-10(8-11(14)15)9-12-4-6-16-7-5-13(2)3/h8,12H,4-7,9H2,1-3H3,(H,14,15). The topological polar surface area (TPSA) is 61.8 Å². The van der Waals surface area contributed by atoms with E-state index in [1.807, 2.05) is 14.1 Å². The van der Waals surface area contributed by atoms with Crippen LogP contribution in [0.5, 0.6) is 0 Å². The van der Waals surface area contributed by atoms with Crippen LogP contribution in [-0.4, -0.2) is 62.9 Å². The van der Waals surface area contributed by atoms with Crippen LogP contribution < -0.4 is 5.32 Å². The van der Waals surface area contributed by atoms with Crippen LogP contribution in [0.1, 0.15) is 6.92 Å². The number of rotatable bonds is 9. The van der Waals surface area contributed by atoms with E-state index in [1.165, 1.54) is 6.08 Å². The number of likely N-dealkylation sites (N-methyl/N-ethyl adjacent to an activating group) is 1. The average Bonchev–Trinajstić information content (AvgIpc) is 2.14. The first kappa shape index (κ1) is 15.1. The van der Waals surface area contributed by atoms with Crippen molar-refractivity contribution < 1.29 is 14.6 Å². The summed E-state index contributed by atoms with van der Waals surface area (Å²) in [4.78, 5) is 12.4. The zero-order valence-electron chi connectivity index (χ0n) is 10.3. The second-order valence-electron chi connectivity index (χ2n) is 3.92. The van der Waals surface area contributed by atoms with Crippen molar-refractivity contribution in [1.82, 2.24) is 10.2 Å². The Morgan fingerprint density at radius 2 is 2.12 bits per heavy atom. The summed E-state index contributed by atoms with van der Waals surface area (Å²) in [5, 5.41) is 11.6. The average molecular weight is 230 g/mol. The maximum atomic E-state index is 10.3. The van der Waals surface area contributed by atoms with E-state index < -0.39 is 5.97 Å². The Kier molecular flexibility index (Phi) is 8.80. The van der Waals surface area contributed by atoms with Gasteiger partial charge in [-0.25, -0.2) is 4.79 Å². The van der Waals surface area contributed by atoms with Gasteiger partial charge in [-0.1, -0.05) is 5.57 Å². The van der Waals surface area contributed by atoms with E-state index in [2.05, 4.69) is 10.2 Å². The number of nitrogens with one attached hydrogen (secondary N) is 1. The predicted molar refractivity (Wildman–Crippen MR) is 63.6 cm³/mol. The molecule has 0 amide bonds. The fraction of sp³-hybridized carbons (Fsp3) is 0.727. The van der Waals surface area contributed by atoms with E-state index in [0.717, 1.165) is 25.3 Å². The summed E-state index contributed by atoms with van der Waals surface area (Å²) in [7, 11) is 4.00. The second kappa shape index (κ2) is 9.33. The van der Waals surface area contributed by atoms with Crippen molar-refractivity contribution >= 4 is 5.97 Å². The number of ether oxygens (including phenoxy) is 1. The van der Waals surface area contributed by atoms with Gasteiger partial charge in [0.2, 0.25) is 0 Å². The zero-order valence-corrected chi connectivity index (χ0v) is 10.3. The molecule has 0 bridgehead atoms. The Morgan fingerprint density at radius 3 is 2.69 bits per heavy atom. The van der Waals surface area contributed by atoms with E-state index in [-0.39, 0.29) is 0 Å². The number of aliphatic carboxylic acids is 1. The third-order valence-electron chi connectivity index (χ3n) is 1.88. The molecular weight excluding hydrogens is 208 g/mol. The number of carboxylic acids is 1. The van der Waals surface area contributed by atoms with Gasteiger partial charge in [0, 0.05) is 25.7 Å². The molecule has 0 unspecified atom stereocenters. The molecule has 0 aliphatic carbocycles. The third-order valence-corrected chi connectivity index (χ3v) is 1.88. The van der Waals surface area contributed by atoms with Crippen molar-refractivity contribution in [2.45, 2.75) is 6.92 Å². The van der Waals surface area contributed by atoms with Crippen LogP contribution in [0.3, 0.4) is 0 Å². The highest BCUT2D eigenvalue weighted by molar-refractivity contribution is 5.80. The van der Waals surface area contributed by atoms with E-state index in [0.29, 0.717) is 13.2 Å². The van der Waals surface area contributed by atoms with Crippen molar-refractivity contribution in [2.75, 3.05) is 46.9 Å². The van der Waals surface area contributed by atoms with Gasteiger partial charge >= 0.3 is 5.97 Å². The van der Waals surface area contributed by atoms with E-state index in [9.17, 15) is 4.79 Å². The Bertz CT molecular complexity index is 227. The maximum absolute atomic E-state index is 10.3. The lowest BCUT2D eigenvalue weighted by Crippen LogP contribution is -2.24. The molecule has 0 aromatic rings. The zero-order chi connectivity index (χ0) is 12.4. The monoisotopic (exact) mass is 230 g/mol. The Morgan fingerprint density at radius 1 is 1.44 bits per heavy atom. The summed E-state index contributed by atoms with van der Waals surface area (Å²) in [5.41, 5.74) is 0.806. The minimum absolute atomic E-state index is 0.587. The molecule has 0 aromatic carbocycles. The van der Waals surface area contributed by atoms with Gasteiger partial charge in [-0.05, 0) is 21.0 Å². The van der Waals surface area contributed by atoms with Crippen LogP contribution in [0.25, 0.3) is 0 Å². The van der Waals surface area contributed by atoms with Crippen molar-refractivity contribution in [3.8, 4) is 0 Å². The smallest absolute Gasteiger partial charge is 0.328 e. The fourth-order valence-electron chi connectivity index (χ4n) is 1.04. The van der Waals surface area contributed by atoms with Gasteiger partial charge in [0.1, 0.15) is 0 Å². The molecule has 0 atom stereocenters. The van der Waals surface area contributed by atoms with Crippen molar-refractivity contribution in [1.29, 1.82) is 0 Å². The van der Waals surface area contributed by atoms with Gasteiger partial charge in [0.25, 0.3) is 0 Å². The summed E-state index contributed by atoms with van der Waals surface area (Å²) in [5.74, 6) is -0.901. The number of hydrogen-bond acceptors (Lipinski definition) is 4. The van der Waals surface area contributed by atoms with Crippen LogP contribution in [0, 0.1) is 0 Å². The lowest BCUT2D eigenvalue weighted by atomic mass is 10.3. The first-order valence-corrected chi connectivity index (χ1v) is 5.35. The first-order chi connectivity index (χ1) is 7.52. The van der Waals surface area contributed by atoms with Gasteiger partial charge in [0.05, 0.1) is 13.2 Å². The van der Waals surface area contributed by atoms with Crippen molar-refractivity contribution in [2.24, 2.45) is 0 Å². The van der Waals surface area contributed by atoms with Gasteiger partial charge < -0.3 is 20.1 Å². The molecule has 5 nitrogen and oxygen atoms in total. The molecule has 2 N–H and O–H groups in total. The quantitative estimate of drug-likeness (QED) is 0.437. The summed E-state index contributed by atoms with van der Waals surface area (Å²) in [6.45, 7) is 5.39. The molecule has 0 aromatic heterocycles. The highest BCUT2D eigenvalue weighted by Gasteiger charge is 1.94. The molecule has 0 aliphatic heterocycles. The minimum Gasteiger partial charge on any atom is -0.478 e. The number of nitrogens with zero attached hydrogens (tertiary/aromatic N) is 1. The van der Waals surface area contributed by atoms with Crippen molar-refractivity contribution in [3.63, 3.8) is 0 Å².